The van der Waals surface area contributed by atoms with Gasteiger partial charge in [0.15, 0.2) is 0 Å². The fraction of sp³-hybridized carbons (Fsp3) is 0.200. The summed E-state index contributed by atoms with van der Waals surface area (Å²) in [6.45, 7) is 5.79. The average molecular weight is 275 g/mol. The van der Waals surface area contributed by atoms with Crippen LogP contribution in [0.15, 0.2) is 47.4 Å². The summed E-state index contributed by atoms with van der Waals surface area (Å²) < 4.78 is 27.1. The molecule has 100 valence electrons. The summed E-state index contributed by atoms with van der Waals surface area (Å²) >= 11 is 0. The van der Waals surface area contributed by atoms with Crippen LogP contribution in [0.3, 0.4) is 0 Å². The van der Waals surface area contributed by atoms with Gasteiger partial charge in [-0.2, -0.15) is 0 Å². The van der Waals surface area contributed by atoms with Crippen LogP contribution in [0.5, 0.6) is 0 Å². The van der Waals surface area contributed by atoms with E-state index in [4.69, 9.17) is 0 Å². The van der Waals surface area contributed by atoms with E-state index in [2.05, 4.69) is 4.72 Å². The molecule has 2 aromatic rings. The molecule has 0 aliphatic rings. The van der Waals surface area contributed by atoms with E-state index in [1.54, 1.807) is 30.3 Å². The molecule has 2 aromatic carbocycles. The molecule has 0 bridgehead atoms. The minimum absolute atomic E-state index is 0.276. The third-order valence-corrected chi connectivity index (χ3v) is 4.34. The molecular formula is C15H17NO2S. The van der Waals surface area contributed by atoms with Crippen molar-refractivity contribution in [2.75, 3.05) is 4.72 Å². The van der Waals surface area contributed by atoms with E-state index in [0.717, 1.165) is 16.7 Å². The van der Waals surface area contributed by atoms with E-state index in [0.29, 0.717) is 5.69 Å². The summed E-state index contributed by atoms with van der Waals surface area (Å²) in [5, 5.41) is 0. The number of hydrogen-bond donors (Lipinski definition) is 1. The van der Waals surface area contributed by atoms with Crippen molar-refractivity contribution < 1.29 is 8.42 Å². The predicted octanol–water partition coefficient (Wildman–Crippen LogP) is 3.41. The molecule has 19 heavy (non-hydrogen) atoms. The number of hydrogen-bond acceptors (Lipinski definition) is 2. The van der Waals surface area contributed by atoms with Gasteiger partial charge in [-0.15, -0.1) is 0 Å². The monoisotopic (exact) mass is 275 g/mol. The van der Waals surface area contributed by atoms with Crippen LogP contribution in [-0.4, -0.2) is 8.42 Å². The highest BCUT2D eigenvalue weighted by Crippen LogP contribution is 2.20. The van der Waals surface area contributed by atoms with Gasteiger partial charge in [0, 0.05) is 0 Å². The fourth-order valence-corrected chi connectivity index (χ4v) is 2.98. The van der Waals surface area contributed by atoms with Crippen LogP contribution >= 0.6 is 0 Å². The summed E-state index contributed by atoms with van der Waals surface area (Å²) in [6, 6.07) is 12.4. The van der Waals surface area contributed by atoms with Gasteiger partial charge >= 0.3 is 0 Å². The van der Waals surface area contributed by atoms with Crippen molar-refractivity contribution in [3.8, 4) is 0 Å². The van der Waals surface area contributed by atoms with Crippen molar-refractivity contribution >= 4 is 15.7 Å². The summed E-state index contributed by atoms with van der Waals surface area (Å²) in [5.41, 5.74) is 3.67. The first-order chi connectivity index (χ1) is 8.88. The molecule has 0 aliphatic heterocycles. The molecule has 0 amide bonds. The van der Waals surface area contributed by atoms with Gasteiger partial charge in [-0.05, 0) is 44.5 Å². The Balaban J connectivity index is 2.33. The van der Waals surface area contributed by atoms with E-state index in [9.17, 15) is 8.42 Å². The predicted molar refractivity (Wildman–Crippen MR) is 77.9 cm³/mol. The molecule has 0 saturated carbocycles. The van der Waals surface area contributed by atoms with Gasteiger partial charge < -0.3 is 0 Å². The van der Waals surface area contributed by atoms with Crippen LogP contribution in [0.2, 0.25) is 0 Å². The quantitative estimate of drug-likeness (QED) is 0.933. The summed E-state index contributed by atoms with van der Waals surface area (Å²) in [4.78, 5) is 0.276. The topological polar surface area (TPSA) is 46.2 Å². The Morgan fingerprint density at radius 1 is 0.842 bits per heavy atom. The minimum atomic E-state index is -3.52. The fourth-order valence-electron chi connectivity index (χ4n) is 1.85. The Labute approximate surface area is 114 Å². The zero-order valence-electron chi connectivity index (χ0n) is 11.3. The number of benzene rings is 2. The Kier molecular flexibility index (Phi) is 3.62. The van der Waals surface area contributed by atoms with Crippen LogP contribution in [0, 0.1) is 20.8 Å². The summed E-state index contributed by atoms with van der Waals surface area (Å²) in [6.07, 6.45) is 0. The minimum Gasteiger partial charge on any atom is -0.279 e. The second kappa shape index (κ2) is 5.05. The van der Waals surface area contributed by atoms with Crippen molar-refractivity contribution in [2.45, 2.75) is 25.7 Å². The van der Waals surface area contributed by atoms with Crippen molar-refractivity contribution in [1.29, 1.82) is 0 Å². The van der Waals surface area contributed by atoms with Gasteiger partial charge in [-0.3, -0.25) is 4.72 Å². The van der Waals surface area contributed by atoms with Gasteiger partial charge in [0.25, 0.3) is 10.0 Å². The standard InChI is InChI=1S/C15H17NO2S/c1-11-4-7-14(8-5-11)19(17,18)16-15-9-6-12(2)10-13(15)3/h4-10,16H,1-3H3. The highest BCUT2D eigenvalue weighted by molar-refractivity contribution is 7.92. The summed E-state index contributed by atoms with van der Waals surface area (Å²) in [7, 11) is -3.52. The maximum atomic E-state index is 12.2. The molecule has 0 aliphatic carbocycles. The molecule has 0 fully saturated rings. The highest BCUT2D eigenvalue weighted by Gasteiger charge is 2.14. The van der Waals surface area contributed by atoms with Crippen LogP contribution in [-0.2, 0) is 10.0 Å². The zero-order valence-corrected chi connectivity index (χ0v) is 12.1. The number of sulfonamides is 1. The van der Waals surface area contributed by atoms with Crippen LogP contribution in [0.1, 0.15) is 16.7 Å². The molecular weight excluding hydrogens is 258 g/mol. The van der Waals surface area contributed by atoms with Crippen molar-refractivity contribution in [3.05, 3.63) is 59.2 Å². The Hall–Kier alpha value is -1.81. The number of rotatable bonds is 3. The van der Waals surface area contributed by atoms with Gasteiger partial charge in [-0.1, -0.05) is 35.4 Å². The molecule has 1 N–H and O–H groups in total. The average Bonchev–Trinajstić information content (AvgIpc) is 2.33. The van der Waals surface area contributed by atoms with E-state index in [1.807, 2.05) is 32.9 Å². The lowest BCUT2D eigenvalue weighted by Crippen LogP contribution is -2.13. The number of aryl methyl sites for hydroxylation is 3. The zero-order chi connectivity index (χ0) is 14.0. The lowest BCUT2D eigenvalue weighted by molar-refractivity contribution is 0.601. The molecule has 0 unspecified atom stereocenters. The third kappa shape index (κ3) is 3.15. The van der Waals surface area contributed by atoms with E-state index in [1.165, 1.54) is 0 Å². The highest BCUT2D eigenvalue weighted by atomic mass is 32.2. The maximum absolute atomic E-state index is 12.2. The van der Waals surface area contributed by atoms with E-state index in [-0.39, 0.29) is 4.90 Å². The molecule has 0 radical (unpaired) electrons. The molecule has 2 rings (SSSR count). The smallest absolute Gasteiger partial charge is 0.261 e. The van der Waals surface area contributed by atoms with Gasteiger partial charge in [0.2, 0.25) is 0 Å². The van der Waals surface area contributed by atoms with Crippen molar-refractivity contribution in [2.24, 2.45) is 0 Å². The molecule has 0 heterocycles. The largest absolute Gasteiger partial charge is 0.279 e. The molecule has 4 heteroatoms. The SMILES string of the molecule is Cc1ccc(S(=O)(=O)Nc2ccc(C)cc2C)cc1. The van der Waals surface area contributed by atoms with Crippen molar-refractivity contribution in [1.82, 2.24) is 0 Å². The van der Waals surface area contributed by atoms with Crippen LogP contribution in [0.4, 0.5) is 5.69 Å². The second-order valence-electron chi connectivity index (χ2n) is 4.74. The lowest BCUT2D eigenvalue weighted by atomic mass is 10.1. The first-order valence-corrected chi connectivity index (χ1v) is 7.53. The maximum Gasteiger partial charge on any atom is 0.261 e. The Morgan fingerprint density at radius 3 is 2.00 bits per heavy atom. The normalized spacial score (nSPS) is 11.3. The van der Waals surface area contributed by atoms with Gasteiger partial charge in [0.05, 0.1) is 10.6 Å². The third-order valence-electron chi connectivity index (χ3n) is 2.96. The number of anilines is 1. The van der Waals surface area contributed by atoms with Crippen molar-refractivity contribution in [3.63, 3.8) is 0 Å². The summed E-state index contributed by atoms with van der Waals surface area (Å²) in [5.74, 6) is 0. The van der Waals surface area contributed by atoms with Gasteiger partial charge in [-0.25, -0.2) is 8.42 Å². The van der Waals surface area contributed by atoms with Crippen LogP contribution in [0.25, 0.3) is 0 Å². The Bertz CT molecular complexity index is 689. The second-order valence-corrected chi connectivity index (χ2v) is 6.42. The first kappa shape index (κ1) is 13.6. The Morgan fingerprint density at radius 2 is 1.42 bits per heavy atom. The van der Waals surface area contributed by atoms with E-state index < -0.39 is 10.0 Å². The molecule has 0 aromatic heterocycles. The molecule has 0 saturated heterocycles. The molecule has 0 spiro atoms. The first-order valence-electron chi connectivity index (χ1n) is 6.05. The van der Waals surface area contributed by atoms with Gasteiger partial charge in [0.1, 0.15) is 0 Å². The van der Waals surface area contributed by atoms with E-state index >= 15 is 0 Å². The number of nitrogens with one attached hydrogen (secondary N) is 1. The molecule has 0 atom stereocenters. The molecule has 3 nitrogen and oxygen atoms in total. The lowest BCUT2D eigenvalue weighted by Gasteiger charge is -2.11. The van der Waals surface area contributed by atoms with Crippen LogP contribution < -0.4 is 4.72 Å².